The monoisotopic (exact) mass is 226 g/mol. The molecule has 1 aromatic carbocycles. The molecule has 0 atom stereocenters. The molecule has 0 saturated carbocycles. The summed E-state index contributed by atoms with van der Waals surface area (Å²) in [6.07, 6.45) is 0. The van der Waals surface area contributed by atoms with Crippen LogP contribution in [0.4, 0.5) is 0 Å². The van der Waals surface area contributed by atoms with Crippen molar-refractivity contribution in [3.8, 4) is 0 Å². The molecule has 56 valence electrons. The molecule has 1 rings (SSSR count). The van der Waals surface area contributed by atoms with Crippen LogP contribution in [-0.2, 0) is 46.7 Å². The van der Waals surface area contributed by atoms with Gasteiger partial charge in [0.15, 0.2) is 0 Å². The Morgan fingerprint density at radius 3 is 2.18 bits per heavy atom. The number of benzene rings is 1. The Balaban J connectivity index is 2.66. The predicted octanol–water partition coefficient (Wildman–Crippen LogP) is 1.16. The van der Waals surface area contributed by atoms with Crippen LogP contribution in [0.25, 0.3) is 0 Å². The summed E-state index contributed by atoms with van der Waals surface area (Å²) in [4.78, 5) is 0. The second-order valence-corrected chi connectivity index (χ2v) is 3.10. The number of aliphatic hydroxyl groups excluding tert-OH is 1. The van der Waals surface area contributed by atoms with Gasteiger partial charge >= 0.3 is 87.2 Å². The standard InChI is InChI=1S/C8H9O2.Y/c9-5-7-1-2-8(6-10)4-3-7;/h1-4,9H,5-6H2;/q-1;+1. The van der Waals surface area contributed by atoms with E-state index in [1.165, 1.54) is 0 Å². The summed E-state index contributed by atoms with van der Waals surface area (Å²) in [5, 5.41) is 8.73. The Kier molecular flexibility index (Phi) is 4.23. The molecule has 0 saturated heterocycles. The topological polar surface area (TPSA) is 29.5 Å². The van der Waals surface area contributed by atoms with Gasteiger partial charge < -0.3 is 0 Å². The Hall–Kier alpha value is 0.244. The molecule has 0 unspecified atom stereocenters. The van der Waals surface area contributed by atoms with Gasteiger partial charge in [-0.2, -0.15) is 0 Å². The van der Waals surface area contributed by atoms with Crippen molar-refractivity contribution < 1.29 is 38.6 Å². The van der Waals surface area contributed by atoms with Crippen molar-refractivity contribution >= 4 is 0 Å². The van der Waals surface area contributed by atoms with E-state index in [9.17, 15) is 0 Å². The first-order valence-electron chi connectivity index (χ1n) is 3.37. The number of hydrogen-bond donors (Lipinski definition) is 1. The zero-order chi connectivity index (χ0) is 8.10. The van der Waals surface area contributed by atoms with Gasteiger partial charge in [0.2, 0.25) is 0 Å². The molecule has 0 spiro atoms. The van der Waals surface area contributed by atoms with Crippen molar-refractivity contribution in [2.45, 2.75) is 13.2 Å². The van der Waals surface area contributed by atoms with Crippen LogP contribution in [0.3, 0.4) is 0 Å². The average Bonchev–Trinajstić information content (AvgIpc) is 2.07. The van der Waals surface area contributed by atoms with Crippen molar-refractivity contribution in [1.29, 1.82) is 0 Å². The van der Waals surface area contributed by atoms with Gasteiger partial charge in [0, 0.05) is 0 Å². The third-order valence-electron chi connectivity index (χ3n) is 1.46. The van der Waals surface area contributed by atoms with Gasteiger partial charge in [-0.3, -0.25) is 0 Å². The fraction of sp³-hybridized carbons (Fsp3) is 0.250. The second-order valence-electron chi connectivity index (χ2n) is 2.29. The van der Waals surface area contributed by atoms with Gasteiger partial charge in [-0.1, -0.05) is 0 Å². The van der Waals surface area contributed by atoms with Crippen LogP contribution in [0.1, 0.15) is 11.1 Å². The summed E-state index contributed by atoms with van der Waals surface area (Å²) in [5.74, 6) is 0. The van der Waals surface area contributed by atoms with E-state index in [0.717, 1.165) is 42.6 Å². The van der Waals surface area contributed by atoms with Gasteiger partial charge in [-0.15, -0.1) is 0 Å². The number of rotatable bonds is 3. The Labute approximate surface area is 86.8 Å². The van der Waals surface area contributed by atoms with Crippen molar-refractivity contribution in [1.82, 2.24) is 0 Å². The molecule has 0 bridgehead atoms. The van der Waals surface area contributed by atoms with Gasteiger partial charge in [-0.05, 0) is 0 Å². The van der Waals surface area contributed by atoms with Crippen molar-refractivity contribution in [3.63, 3.8) is 0 Å². The molecule has 0 amide bonds. The molecular formula is C8H9O2Y. The number of aliphatic hydroxyl groups is 1. The van der Waals surface area contributed by atoms with E-state index in [1.54, 1.807) is 0 Å². The van der Waals surface area contributed by atoms with Crippen molar-refractivity contribution in [3.05, 3.63) is 35.4 Å². The predicted molar refractivity (Wildman–Crippen MR) is 37.2 cm³/mol. The molecule has 0 heterocycles. The van der Waals surface area contributed by atoms with Crippen LogP contribution in [0.5, 0.6) is 0 Å². The zero-order valence-electron chi connectivity index (χ0n) is 6.16. The van der Waals surface area contributed by atoms with E-state index in [1.807, 2.05) is 24.3 Å². The molecule has 0 aromatic heterocycles. The van der Waals surface area contributed by atoms with Gasteiger partial charge in [0.1, 0.15) is 0 Å². The first-order valence-corrected chi connectivity index (χ1v) is 4.53. The molecule has 0 aliphatic rings. The molecule has 0 radical (unpaired) electrons. The van der Waals surface area contributed by atoms with Crippen molar-refractivity contribution in [2.24, 2.45) is 0 Å². The minimum absolute atomic E-state index is 0.113. The molecule has 0 aliphatic heterocycles. The molecule has 1 aromatic rings. The van der Waals surface area contributed by atoms with E-state index in [0.29, 0.717) is 6.61 Å². The van der Waals surface area contributed by atoms with E-state index < -0.39 is 0 Å². The Bertz CT molecular complexity index is 208. The van der Waals surface area contributed by atoms with E-state index >= 15 is 0 Å². The SMILES string of the molecule is OCc1ccc(C[O][Y])cc1. The van der Waals surface area contributed by atoms with Crippen LogP contribution >= 0.6 is 0 Å². The summed E-state index contributed by atoms with van der Waals surface area (Å²) in [6.45, 7) is 0.801. The molecule has 0 aliphatic carbocycles. The van der Waals surface area contributed by atoms with E-state index in [2.05, 4.69) is 0 Å². The molecule has 3 heteroatoms. The van der Waals surface area contributed by atoms with Gasteiger partial charge in [0.25, 0.3) is 0 Å². The summed E-state index contributed by atoms with van der Waals surface area (Å²) in [6, 6.07) is 7.77. The van der Waals surface area contributed by atoms with E-state index in [-0.39, 0.29) is 6.61 Å². The normalized spacial score (nSPS) is 9.82. The number of hydrogen-bond acceptors (Lipinski definition) is 2. The second kappa shape index (κ2) is 4.99. The van der Waals surface area contributed by atoms with Crippen LogP contribution in [0, 0.1) is 0 Å². The third kappa shape index (κ3) is 3.00. The fourth-order valence-electron chi connectivity index (χ4n) is 0.837. The molecule has 1 N–H and O–H groups in total. The Morgan fingerprint density at radius 2 is 1.73 bits per heavy atom. The van der Waals surface area contributed by atoms with E-state index in [4.69, 9.17) is 7.16 Å². The van der Waals surface area contributed by atoms with Crippen LogP contribution in [-0.4, -0.2) is 5.11 Å². The van der Waals surface area contributed by atoms with Crippen LogP contribution < -0.4 is 0 Å². The molecule has 0 fully saturated rings. The summed E-state index contributed by atoms with van der Waals surface area (Å²) in [7, 11) is 0. The summed E-state index contributed by atoms with van der Waals surface area (Å²) < 4.78 is 5.07. The van der Waals surface area contributed by atoms with Crippen molar-refractivity contribution in [2.75, 3.05) is 0 Å². The van der Waals surface area contributed by atoms with Crippen LogP contribution in [0.15, 0.2) is 24.3 Å². The minimum atomic E-state index is 0.113. The quantitative estimate of drug-likeness (QED) is 0.837. The maximum atomic E-state index is 8.73. The maximum absolute atomic E-state index is 8.73. The molecule has 11 heavy (non-hydrogen) atoms. The van der Waals surface area contributed by atoms with Gasteiger partial charge in [-0.25, -0.2) is 0 Å². The first kappa shape index (κ1) is 9.33. The summed E-state index contributed by atoms with van der Waals surface area (Å²) in [5.41, 5.74) is 2.11. The first-order chi connectivity index (χ1) is 5.36. The molecular weight excluding hydrogens is 217 g/mol. The average molecular weight is 226 g/mol. The molecule has 2 nitrogen and oxygen atoms in total. The summed E-state index contributed by atoms with van der Waals surface area (Å²) >= 11 is 0.831. The van der Waals surface area contributed by atoms with Crippen LogP contribution in [0.2, 0.25) is 0 Å². The van der Waals surface area contributed by atoms with Gasteiger partial charge in [0.05, 0.1) is 0 Å². The third-order valence-corrected chi connectivity index (χ3v) is 1.87. The zero-order valence-corrected chi connectivity index (χ0v) is 8.99. The fourth-order valence-corrected chi connectivity index (χ4v) is 1.31. The Morgan fingerprint density at radius 1 is 1.18 bits per heavy atom.